The minimum absolute atomic E-state index is 0.0992. The maximum absolute atomic E-state index is 13.1. The molecular formula is C21H25F3N6S. The van der Waals surface area contributed by atoms with Crippen LogP contribution in [-0.4, -0.2) is 51.3 Å². The van der Waals surface area contributed by atoms with Crippen LogP contribution in [0.1, 0.15) is 43.1 Å². The SMILES string of the molecule is CC(C)(C)n1nnnc1C(c1cccs1)N1CCN(c2cccc(C(F)(F)F)c2)CC1. The molecule has 1 atom stereocenters. The number of nitrogens with zero attached hydrogens (tertiary/aromatic N) is 6. The first-order valence-electron chi connectivity index (χ1n) is 10.1. The normalized spacial score (nSPS) is 17.2. The Bertz CT molecular complexity index is 1000. The number of hydrogen-bond acceptors (Lipinski definition) is 6. The number of benzene rings is 1. The molecule has 0 aliphatic carbocycles. The summed E-state index contributed by atoms with van der Waals surface area (Å²) >= 11 is 1.65. The lowest BCUT2D eigenvalue weighted by Crippen LogP contribution is -2.48. The predicted octanol–water partition coefficient (Wildman–Crippen LogP) is 4.42. The molecule has 2 aromatic heterocycles. The Labute approximate surface area is 183 Å². The highest BCUT2D eigenvalue weighted by molar-refractivity contribution is 7.10. The topological polar surface area (TPSA) is 50.1 Å². The standard InChI is InChI=1S/C21H25F3N6S/c1-20(2,3)30-19(25-26-27-30)18(17-8-5-13-31-17)29-11-9-28(10-12-29)16-7-4-6-15(14-16)21(22,23)24/h4-8,13-14,18H,9-12H2,1-3H3. The van der Waals surface area contributed by atoms with Crippen LogP contribution in [0.4, 0.5) is 18.9 Å². The molecule has 1 aliphatic rings. The summed E-state index contributed by atoms with van der Waals surface area (Å²) in [5, 5.41) is 14.6. The Morgan fingerprint density at radius 1 is 1.00 bits per heavy atom. The minimum Gasteiger partial charge on any atom is -0.369 e. The summed E-state index contributed by atoms with van der Waals surface area (Å²) in [4.78, 5) is 5.46. The van der Waals surface area contributed by atoms with Crippen molar-refractivity contribution in [1.82, 2.24) is 25.1 Å². The van der Waals surface area contributed by atoms with E-state index in [9.17, 15) is 13.2 Å². The van der Waals surface area contributed by atoms with Crippen LogP contribution < -0.4 is 4.90 Å². The first kappa shape index (κ1) is 21.8. The van der Waals surface area contributed by atoms with E-state index in [0.29, 0.717) is 31.9 Å². The highest BCUT2D eigenvalue weighted by Gasteiger charge is 2.34. The van der Waals surface area contributed by atoms with Gasteiger partial charge in [0.1, 0.15) is 6.04 Å². The number of hydrogen-bond donors (Lipinski definition) is 0. The van der Waals surface area contributed by atoms with E-state index in [4.69, 9.17) is 0 Å². The zero-order valence-electron chi connectivity index (χ0n) is 17.7. The van der Waals surface area contributed by atoms with E-state index in [-0.39, 0.29) is 11.6 Å². The maximum atomic E-state index is 13.1. The summed E-state index contributed by atoms with van der Waals surface area (Å²) in [5.41, 5.74) is -0.288. The number of halogens is 3. The molecule has 166 valence electrons. The van der Waals surface area contributed by atoms with Crippen LogP contribution in [0, 0.1) is 0 Å². The molecule has 0 bridgehead atoms. The van der Waals surface area contributed by atoms with Crippen LogP contribution in [0.15, 0.2) is 41.8 Å². The molecule has 10 heteroatoms. The van der Waals surface area contributed by atoms with E-state index >= 15 is 0 Å². The molecule has 1 aliphatic heterocycles. The second kappa shape index (κ2) is 8.23. The van der Waals surface area contributed by atoms with Gasteiger partial charge in [-0.05, 0) is 60.8 Å². The average molecular weight is 451 g/mol. The molecular weight excluding hydrogens is 425 g/mol. The molecule has 0 N–H and O–H groups in total. The third-order valence-electron chi connectivity index (χ3n) is 5.40. The highest BCUT2D eigenvalue weighted by atomic mass is 32.1. The molecule has 1 aromatic carbocycles. The molecule has 6 nitrogen and oxygen atoms in total. The lowest BCUT2D eigenvalue weighted by atomic mass is 10.1. The van der Waals surface area contributed by atoms with Crippen LogP contribution in [-0.2, 0) is 11.7 Å². The van der Waals surface area contributed by atoms with Gasteiger partial charge in [0.25, 0.3) is 0 Å². The Morgan fingerprint density at radius 2 is 1.74 bits per heavy atom. The molecule has 0 spiro atoms. The van der Waals surface area contributed by atoms with E-state index in [0.717, 1.165) is 16.8 Å². The van der Waals surface area contributed by atoms with Crippen molar-refractivity contribution in [3.63, 3.8) is 0 Å². The van der Waals surface area contributed by atoms with Gasteiger partial charge in [0.05, 0.1) is 11.1 Å². The van der Waals surface area contributed by atoms with Gasteiger partial charge in [-0.15, -0.1) is 16.4 Å². The minimum atomic E-state index is -4.34. The van der Waals surface area contributed by atoms with Gasteiger partial charge in [-0.2, -0.15) is 13.2 Å². The Balaban J connectivity index is 1.57. The Kier molecular flexibility index (Phi) is 5.78. The highest BCUT2D eigenvalue weighted by Crippen LogP contribution is 2.35. The van der Waals surface area contributed by atoms with Gasteiger partial charge in [0, 0.05) is 36.7 Å². The molecule has 3 aromatic rings. The fourth-order valence-corrected chi connectivity index (χ4v) is 4.73. The molecule has 1 unspecified atom stereocenters. The number of alkyl halides is 3. The zero-order chi connectivity index (χ0) is 22.2. The molecule has 1 fully saturated rings. The van der Waals surface area contributed by atoms with Gasteiger partial charge in [0.2, 0.25) is 0 Å². The monoisotopic (exact) mass is 450 g/mol. The van der Waals surface area contributed by atoms with E-state index < -0.39 is 11.7 Å². The summed E-state index contributed by atoms with van der Waals surface area (Å²) < 4.78 is 41.2. The number of piperazine rings is 1. The molecule has 3 heterocycles. The summed E-state index contributed by atoms with van der Waals surface area (Å²) in [5.74, 6) is 0.780. The van der Waals surface area contributed by atoms with Gasteiger partial charge in [-0.3, -0.25) is 4.90 Å². The Morgan fingerprint density at radius 3 is 2.35 bits per heavy atom. The quantitative estimate of drug-likeness (QED) is 0.589. The molecule has 31 heavy (non-hydrogen) atoms. The smallest absolute Gasteiger partial charge is 0.369 e. The van der Waals surface area contributed by atoms with Crippen molar-refractivity contribution in [3.05, 3.63) is 58.0 Å². The molecule has 0 saturated carbocycles. The van der Waals surface area contributed by atoms with E-state index in [1.165, 1.54) is 12.1 Å². The third-order valence-corrected chi connectivity index (χ3v) is 6.33. The molecule has 0 radical (unpaired) electrons. The van der Waals surface area contributed by atoms with Crippen LogP contribution in [0.25, 0.3) is 0 Å². The lowest BCUT2D eigenvalue weighted by Gasteiger charge is -2.40. The van der Waals surface area contributed by atoms with E-state index in [1.807, 2.05) is 21.0 Å². The summed E-state index contributed by atoms with van der Waals surface area (Å²) in [7, 11) is 0. The fourth-order valence-electron chi connectivity index (χ4n) is 3.88. The molecule has 0 amide bonds. The van der Waals surface area contributed by atoms with Gasteiger partial charge < -0.3 is 4.90 Å². The van der Waals surface area contributed by atoms with Crippen molar-refractivity contribution < 1.29 is 13.2 Å². The van der Waals surface area contributed by atoms with Crippen molar-refractivity contribution in [3.8, 4) is 0 Å². The molecule has 4 rings (SSSR count). The lowest BCUT2D eigenvalue weighted by molar-refractivity contribution is -0.137. The van der Waals surface area contributed by atoms with Crippen LogP contribution in [0.2, 0.25) is 0 Å². The van der Waals surface area contributed by atoms with Crippen molar-refractivity contribution >= 4 is 17.0 Å². The zero-order valence-corrected chi connectivity index (χ0v) is 18.5. The van der Waals surface area contributed by atoms with Crippen LogP contribution >= 0.6 is 11.3 Å². The first-order chi connectivity index (χ1) is 14.6. The van der Waals surface area contributed by atoms with Crippen molar-refractivity contribution in [1.29, 1.82) is 0 Å². The number of rotatable bonds is 4. The summed E-state index contributed by atoms with van der Waals surface area (Å²) in [6.45, 7) is 8.81. The van der Waals surface area contributed by atoms with Gasteiger partial charge in [-0.25, -0.2) is 4.68 Å². The van der Waals surface area contributed by atoms with Crippen molar-refractivity contribution in [2.24, 2.45) is 0 Å². The molecule has 1 saturated heterocycles. The van der Waals surface area contributed by atoms with Crippen LogP contribution in [0.5, 0.6) is 0 Å². The fraction of sp³-hybridized carbons (Fsp3) is 0.476. The van der Waals surface area contributed by atoms with E-state index in [1.54, 1.807) is 17.4 Å². The van der Waals surface area contributed by atoms with Gasteiger partial charge in [0.15, 0.2) is 5.82 Å². The number of aromatic nitrogens is 4. The number of anilines is 1. The summed E-state index contributed by atoms with van der Waals surface area (Å²) in [6, 6.07) is 9.54. The third kappa shape index (κ3) is 4.59. The summed E-state index contributed by atoms with van der Waals surface area (Å²) in [6.07, 6.45) is -4.34. The maximum Gasteiger partial charge on any atom is 0.416 e. The first-order valence-corrected chi connectivity index (χ1v) is 11.0. The second-order valence-corrected chi connectivity index (χ2v) is 9.59. The number of tetrazole rings is 1. The second-order valence-electron chi connectivity index (χ2n) is 8.61. The predicted molar refractivity (Wildman–Crippen MR) is 114 cm³/mol. The Hall–Kier alpha value is -2.46. The van der Waals surface area contributed by atoms with Gasteiger partial charge >= 0.3 is 6.18 Å². The average Bonchev–Trinajstić information content (AvgIpc) is 3.41. The van der Waals surface area contributed by atoms with Crippen molar-refractivity contribution in [2.45, 2.75) is 38.5 Å². The van der Waals surface area contributed by atoms with Crippen molar-refractivity contribution in [2.75, 3.05) is 31.1 Å². The number of thiophene rings is 1. The largest absolute Gasteiger partial charge is 0.416 e. The van der Waals surface area contributed by atoms with Crippen LogP contribution in [0.3, 0.4) is 0 Å². The van der Waals surface area contributed by atoms with E-state index in [2.05, 4.69) is 47.3 Å². The van der Waals surface area contributed by atoms with Gasteiger partial charge in [-0.1, -0.05) is 12.1 Å².